The first-order valence-corrected chi connectivity index (χ1v) is 7.85. The lowest BCUT2D eigenvalue weighted by Gasteiger charge is -2.10. The van der Waals surface area contributed by atoms with Crippen molar-refractivity contribution in [3.63, 3.8) is 0 Å². The molecule has 2 N–H and O–H groups in total. The number of rotatable bonds is 3. The minimum atomic E-state index is 0.163. The summed E-state index contributed by atoms with van der Waals surface area (Å²) in [7, 11) is 0. The Kier molecular flexibility index (Phi) is 3.12. The largest absolute Gasteiger partial charge is 0.456 e. The molecule has 2 nitrogen and oxygen atoms in total. The molecule has 0 fully saturated rings. The van der Waals surface area contributed by atoms with E-state index in [2.05, 4.69) is 43.3 Å². The third kappa shape index (κ3) is 1.99. The van der Waals surface area contributed by atoms with E-state index in [9.17, 15) is 0 Å². The molecule has 0 amide bonds. The normalized spacial score (nSPS) is 13.2. The second kappa shape index (κ2) is 5.15. The van der Waals surface area contributed by atoms with Crippen LogP contribution in [0.5, 0.6) is 0 Å². The van der Waals surface area contributed by atoms with E-state index in [0.717, 1.165) is 29.6 Å². The van der Waals surface area contributed by atoms with Gasteiger partial charge in [-0.1, -0.05) is 49.4 Å². The van der Waals surface area contributed by atoms with Gasteiger partial charge in [0.15, 0.2) is 0 Å². The summed E-state index contributed by atoms with van der Waals surface area (Å²) in [6, 6.07) is 19.1. The summed E-state index contributed by atoms with van der Waals surface area (Å²) in [6.45, 7) is 2.13. The van der Waals surface area contributed by atoms with Gasteiger partial charge in [0.25, 0.3) is 0 Å². The molecule has 0 saturated carbocycles. The average molecular weight is 289 g/mol. The molecule has 1 aliphatic carbocycles. The zero-order valence-electron chi connectivity index (χ0n) is 12.7. The summed E-state index contributed by atoms with van der Waals surface area (Å²) in [5.74, 6) is 0.990. The molecular formula is C20H19NO. The molecule has 0 aromatic heterocycles. The van der Waals surface area contributed by atoms with Crippen LogP contribution >= 0.6 is 0 Å². The molecule has 2 aromatic carbocycles. The molecule has 0 saturated heterocycles. The highest BCUT2D eigenvalue weighted by atomic mass is 16.3. The zero-order valence-corrected chi connectivity index (χ0v) is 12.7. The lowest BCUT2D eigenvalue weighted by Crippen LogP contribution is -2.21. The lowest BCUT2D eigenvalue weighted by molar-refractivity contribution is 0.597. The van der Waals surface area contributed by atoms with E-state index < -0.39 is 0 Å². The van der Waals surface area contributed by atoms with Crippen LogP contribution in [0.1, 0.15) is 18.9 Å². The Balaban J connectivity index is 2.08. The Morgan fingerprint density at radius 1 is 1.00 bits per heavy atom. The van der Waals surface area contributed by atoms with E-state index in [1.807, 2.05) is 18.2 Å². The second-order valence-corrected chi connectivity index (χ2v) is 5.92. The fraction of sp³-hybridized carbons (Fsp3) is 0.200. The van der Waals surface area contributed by atoms with E-state index >= 15 is 0 Å². The van der Waals surface area contributed by atoms with Crippen molar-refractivity contribution in [1.29, 1.82) is 0 Å². The van der Waals surface area contributed by atoms with Gasteiger partial charge in [-0.3, -0.25) is 0 Å². The van der Waals surface area contributed by atoms with Gasteiger partial charge in [-0.25, -0.2) is 0 Å². The topological polar surface area (TPSA) is 39.2 Å². The van der Waals surface area contributed by atoms with E-state index in [1.54, 1.807) is 0 Å². The number of fused-ring (bicyclic) bond motifs is 4. The fourth-order valence-electron chi connectivity index (χ4n) is 3.22. The van der Waals surface area contributed by atoms with Gasteiger partial charge in [0.1, 0.15) is 11.3 Å². The van der Waals surface area contributed by atoms with Crippen molar-refractivity contribution in [1.82, 2.24) is 0 Å². The van der Waals surface area contributed by atoms with Crippen molar-refractivity contribution in [3.05, 3.63) is 60.2 Å². The molecule has 4 rings (SSSR count). The van der Waals surface area contributed by atoms with Crippen LogP contribution in [-0.2, 0) is 6.42 Å². The number of hydrogen-bond donors (Lipinski definition) is 1. The van der Waals surface area contributed by atoms with Crippen LogP contribution in [0.25, 0.3) is 33.1 Å². The second-order valence-electron chi connectivity index (χ2n) is 5.92. The van der Waals surface area contributed by atoms with Crippen LogP contribution in [-0.4, -0.2) is 6.04 Å². The summed E-state index contributed by atoms with van der Waals surface area (Å²) in [5.41, 5.74) is 9.57. The molecule has 110 valence electrons. The van der Waals surface area contributed by atoms with Crippen LogP contribution in [0.15, 0.2) is 59.0 Å². The van der Waals surface area contributed by atoms with Crippen molar-refractivity contribution in [2.24, 2.45) is 5.73 Å². The number of nitrogens with two attached hydrogens (primary N) is 1. The Hall–Kier alpha value is -2.32. The first kappa shape index (κ1) is 13.4. The molecule has 0 bridgehead atoms. The lowest BCUT2D eigenvalue weighted by atomic mass is 10.0. The highest BCUT2D eigenvalue weighted by Crippen LogP contribution is 2.41. The van der Waals surface area contributed by atoms with Gasteiger partial charge >= 0.3 is 0 Å². The monoisotopic (exact) mass is 289 g/mol. The zero-order chi connectivity index (χ0) is 15.1. The molecule has 0 radical (unpaired) electrons. The van der Waals surface area contributed by atoms with Gasteiger partial charge in [0.2, 0.25) is 0 Å². The molecule has 1 atom stereocenters. The Morgan fingerprint density at radius 2 is 1.73 bits per heavy atom. The van der Waals surface area contributed by atoms with Gasteiger partial charge in [0.05, 0.1) is 0 Å². The summed E-state index contributed by atoms with van der Waals surface area (Å²) < 4.78 is 6.25. The molecule has 1 aliphatic heterocycles. The molecule has 2 aliphatic rings. The van der Waals surface area contributed by atoms with Gasteiger partial charge in [0, 0.05) is 22.6 Å². The van der Waals surface area contributed by atoms with Crippen molar-refractivity contribution < 1.29 is 4.42 Å². The molecule has 2 heteroatoms. The smallest absolute Gasteiger partial charge is 0.139 e. The van der Waals surface area contributed by atoms with Gasteiger partial charge in [-0.05, 0) is 35.7 Å². The first-order valence-electron chi connectivity index (χ1n) is 7.85. The van der Waals surface area contributed by atoms with Crippen LogP contribution < -0.4 is 5.73 Å². The van der Waals surface area contributed by atoms with Gasteiger partial charge in [-0.15, -0.1) is 0 Å². The average Bonchev–Trinajstić information content (AvgIpc) is 2.86. The summed E-state index contributed by atoms with van der Waals surface area (Å²) in [4.78, 5) is 0. The fourth-order valence-corrected chi connectivity index (χ4v) is 3.22. The predicted molar refractivity (Wildman–Crippen MR) is 92.3 cm³/mol. The minimum Gasteiger partial charge on any atom is -0.456 e. The maximum absolute atomic E-state index is 6.25. The van der Waals surface area contributed by atoms with Crippen LogP contribution in [0.3, 0.4) is 0 Å². The van der Waals surface area contributed by atoms with E-state index in [4.69, 9.17) is 10.2 Å². The SMILES string of the molecule is CCC(N)Cc1c2oc3ccccc3cc-2c2ccccc12. The maximum Gasteiger partial charge on any atom is 0.139 e. The molecule has 2 aromatic rings. The van der Waals surface area contributed by atoms with E-state index in [-0.39, 0.29) is 6.04 Å². The van der Waals surface area contributed by atoms with Crippen LogP contribution in [0.2, 0.25) is 0 Å². The Labute approximate surface area is 129 Å². The van der Waals surface area contributed by atoms with E-state index in [0.29, 0.717) is 0 Å². The third-order valence-electron chi connectivity index (χ3n) is 4.48. The van der Waals surface area contributed by atoms with E-state index in [1.165, 1.54) is 21.9 Å². The Bertz CT molecular complexity index is 922. The summed E-state index contributed by atoms with van der Waals surface area (Å²) in [6.07, 6.45) is 1.82. The first-order chi connectivity index (χ1) is 10.8. The molecule has 0 spiro atoms. The summed E-state index contributed by atoms with van der Waals surface area (Å²) in [5, 5.41) is 3.66. The highest BCUT2D eigenvalue weighted by Gasteiger charge is 2.21. The summed E-state index contributed by atoms with van der Waals surface area (Å²) >= 11 is 0. The van der Waals surface area contributed by atoms with Crippen molar-refractivity contribution in [3.8, 4) is 11.3 Å². The third-order valence-corrected chi connectivity index (χ3v) is 4.48. The van der Waals surface area contributed by atoms with Crippen LogP contribution in [0.4, 0.5) is 0 Å². The molecular weight excluding hydrogens is 270 g/mol. The van der Waals surface area contributed by atoms with Crippen molar-refractivity contribution in [2.75, 3.05) is 0 Å². The molecule has 1 heterocycles. The van der Waals surface area contributed by atoms with Crippen molar-refractivity contribution in [2.45, 2.75) is 25.8 Å². The highest BCUT2D eigenvalue weighted by molar-refractivity contribution is 6.06. The number of hydrogen-bond acceptors (Lipinski definition) is 2. The van der Waals surface area contributed by atoms with Gasteiger partial charge in [-0.2, -0.15) is 0 Å². The van der Waals surface area contributed by atoms with Crippen molar-refractivity contribution >= 4 is 21.7 Å². The number of benzene rings is 2. The Morgan fingerprint density at radius 3 is 2.55 bits per heavy atom. The number of para-hydroxylation sites is 1. The minimum absolute atomic E-state index is 0.163. The van der Waals surface area contributed by atoms with Crippen LogP contribution in [0, 0.1) is 0 Å². The quantitative estimate of drug-likeness (QED) is 0.578. The predicted octanol–water partition coefficient (Wildman–Crippen LogP) is 4.97. The van der Waals surface area contributed by atoms with Gasteiger partial charge < -0.3 is 10.2 Å². The standard InChI is InChI=1S/C20H19NO/c1-2-14(21)12-18-16-9-5-4-8-15(16)17-11-13-7-3-6-10-19(13)22-20(17)18/h3-11,14H,2,12,21H2,1H3. The maximum atomic E-state index is 6.25. The molecule has 1 unspecified atom stereocenters. The molecule has 22 heavy (non-hydrogen) atoms.